The number of aryl methyl sites for hydroxylation is 1. The Morgan fingerprint density at radius 2 is 2.03 bits per heavy atom. The van der Waals surface area contributed by atoms with Gasteiger partial charge in [0.2, 0.25) is 11.9 Å². The predicted molar refractivity (Wildman–Crippen MR) is 132 cm³/mol. The monoisotopic (exact) mass is 482 g/mol. The first-order valence-corrected chi connectivity index (χ1v) is 12.9. The number of ether oxygens (including phenoxy) is 1. The summed E-state index contributed by atoms with van der Waals surface area (Å²) in [5.74, 6) is 2.38. The van der Waals surface area contributed by atoms with Crippen molar-refractivity contribution >= 4 is 45.0 Å². The number of amides is 1. The maximum atomic E-state index is 13.1. The number of aromatic amines is 1. The lowest BCUT2D eigenvalue weighted by atomic mass is 9.97. The molecule has 180 valence electrons. The number of piperidine rings is 1. The third-order valence-electron chi connectivity index (χ3n) is 7.09. The van der Waals surface area contributed by atoms with E-state index in [2.05, 4.69) is 30.6 Å². The van der Waals surface area contributed by atoms with Crippen LogP contribution in [0.5, 0.6) is 0 Å². The lowest BCUT2D eigenvalue weighted by Crippen LogP contribution is -2.53. The minimum Gasteiger partial charge on any atom is -0.379 e. The fraction of sp³-hybridized carbons (Fsp3) is 0.565. The summed E-state index contributed by atoms with van der Waals surface area (Å²) >= 11 is 1.60. The number of carbonyl (C=O) groups is 1. The molecule has 10 nitrogen and oxygen atoms in total. The van der Waals surface area contributed by atoms with E-state index in [1.807, 2.05) is 24.4 Å². The topological polar surface area (TPSA) is 111 Å². The summed E-state index contributed by atoms with van der Waals surface area (Å²) in [4.78, 5) is 28.0. The van der Waals surface area contributed by atoms with Gasteiger partial charge in [-0.2, -0.15) is 10.1 Å². The molecule has 3 fully saturated rings. The van der Waals surface area contributed by atoms with Crippen molar-refractivity contribution in [3.63, 3.8) is 0 Å². The van der Waals surface area contributed by atoms with Crippen LogP contribution in [-0.4, -0.2) is 86.8 Å². The molecule has 1 unspecified atom stereocenters. The summed E-state index contributed by atoms with van der Waals surface area (Å²) < 4.78 is 5.42. The van der Waals surface area contributed by atoms with Crippen molar-refractivity contribution in [1.82, 2.24) is 30.0 Å². The zero-order chi connectivity index (χ0) is 23.1. The molecule has 3 atom stereocenters. The number of nitrogens with one attached hydrogen (secondary N) is 3. The van der Waals surface area contributed by atoms with Crippen LogP contribution in [0.25, 0.3) is 10.2 Å². The number of hydrogen-bond donors (Lipinski definition) is 3. The van der Waals surface area contributed by atoms with Crippen molar-refractivity contribution in [3.05, 3.63) is 23.2 Å². The second-order valence-corrected chi connectivity index (χ2v) is 10.4. The highest BCUT2D eigenvalue weighted by Gasteiger charge is 2.43. The normalized spacial score (nSPS) is 25.1. The number of fused-ring (bicyclic) bond motifs is 3. The molecule has 3 saturated heterocycles. The number of morpholine rings is 1. The molecule has 1 amide bonds. The number of thiophene rings is 1. The first-order valence-electron chi connectivity index (χ1n) is 12.0. The molecule has 11 heteroatoms. The lowest BCUT2D eigenvalue weighted by Gasteiger charge is -2.40. The van der Waals surface area contributed by atoms with E-state index in [4.69, 9.17) is 14.7 Å². The third kappa shape index (κ3) is 4.35. The molecular weight excluding hydrogens is 452 g/mol. The van der Waals surface area contributed by atoms with Gasteiger partial charge >= 0.3 is 0 Å². The van der Waals surface area contributed by atoms with Crippen LogP contribution in [0.1, 0.15) is 31.4 Å². The highest BCUT2D eigenvalue weighted by Crippen LogP contribution is 2.37. The number of hydrogen-bond acceptors (Lipinski definition) is 9. The molecule has 6 heterocycles. The van der Waals surface area contributed by atoms with Gasteiger partial charge in [-0.3, -0.25) is 14.8 Å². The molecule has 0 saturated carbocycles. The Morgan fingerprint density at radius 1 is 1.24 bits per heavy atom. The molecule has 3 N–H and O–H groups in total. The summed E-state index contributed by atoms with van der Waals surface area (Å²) in [6, 6.07) is 4.82. The van der Waals surface area contributed by atoms with Crippen LogP contribution in [0.3, 0.4) is 0 Å². The minimum absolute atomic E-state index is 0.253. The molecule has 0 aromatic carbocycles. The largest absolute Gasteiger partial charge is 0.379 e. The highest BCUT2D eigenvalue weighted by atomic mass is 32.1. The van der Waals surface area contributed by atoms with Crippen LogP contribution in [-0.2, 0) is 9.53 Å². The van der Waals surface area contributed by atoms with E-state index >= 15 is 0 Å². The molecule has 0 radical (unpaired) electrons. The molecule has 3 aliphatic rings. The van der Waals surface area contributed by atoms with Crippen LogP contribution < -0.4 is 10.6 Å². The predicted octanol–water partition coefficient (Wildman–Crippen LogP) is 2.73. The van der Waals surface area contributed by atoms with Crippen molar-refractivity contribution in [3.8, 4) is 0 Å². The van der Waals surface area contributed by atoms with E-state index in [1.165, 1.54) is 0 Å². The molecule has 2 bridgehead atoms. The van der Waals surface area contributed by atoms with Gasteiger partial charge < -0.3 is 20.3 Å². The molecule has 34 heavy (non-hydrogen) atoms. The van der Waals surface area contributed by atoms with E-state index in [1.54, 1.807) is 11.3 Å². The third-order valence-corrected chi connectivity index (χ3v) is 7.90. The Bertz CT molecular complexity index is 1160. The lowest BCUT2D eigenvalue weighted by molar-refractivity contribution is -0.137. The highest BCUT2D eigenvalue weighted by molar-refractivity contribution is 7.16. The summed E-state index contributed by atoms with van der Waals surface area (Å²) in [5.41, 5.74) is 0.988. The van der Waals surface area contributed by atoms with Crippen molar-refractivity contribution in [2.45, 2.75) is 50.7 Å². The quantitative estimate of drug-likeness (QED) is 0.492. The van der Waals surface area contributed by atoms with Gasteiger partial charge in [0.05, 0.1) is 25.1 Å². The molecule has 0 aliphatic carbocycles. The first-order chi connectivity index (χ1) is 16.6. The fourth-order valence-corrected chi connectivity index (χ4v) is 6.30. The van der Waals surface area contributed by atoms with Crippen molar-refractivity contribution < 1.29 is 9.53 Å². The number of aromatic nitrogens is 4. The standard InChI is InChI=1S/C23H30N8O2S/c1-14-10-19(29-28-14)25-21-18-4-9-34-22(18)27-23(26-21)24-15-11-16-2-3-17(12-15)31(16)20(32)13-30-5-7-33-8-6-30/h4,9-10,15-17H,2-3,5-8,11-13H2,1H3,(H3,24,25,26,27,28,29)/t15?,16-,17+. The summed E-state index contributed by atoms with van der Waals surface area (Å²) in [6.45, 7) is 5.60. The van der Waals surface area contributed by atoms with Crippen LogP contribution in [0.15, 0.2) is 17.5 Å². The van der Waals surface area contributed by atoms with Crippen molar-refractivity contribution in [2.75, 3.05) is 43.5 Å². The maximum absolute atomic E-state index is 13.1. The Balaban J connectivity index is 1.14. The summed E-state index contributed by atoms with van der Waals surface area (Å²) in [6.07, 6.45) is 4.01. The van der Waals surface area contributed by atoms with Crippen molar-refractivity contribution in [1.29, 1.82) is 0 Å². The summed E-state index contributed by atoms with van der Waals surface area (Å²) in [7, 11) is 0. The van der Waals surface area contributed by atoms with Crippen LogP contribution in [0.4, 0.5) is 17.6 Å². The maximum Gasteiger partial charge on any atom is 0.237 e. The number of carbonyl (C=O) groups excluding carboxylic acids is 1. The molecular formula is C23H30N8O2S. The second-order valence-electron chi connectivity index (χ2n) is 9.48. The number of anilines is 3. The van der Waals surface area contributed by atoms with Crippen LogP contribution in [0, 0.1) is 6.92 Å². The van der Waals surface area contributed by atoms with Gasteiger partial charge in [0.1, 0.15) is 10.6 Å². The number of nitrogens with zero attached hydrogens (tertiary/aromatic N) is 5. The molecule has 0 spiro atoms. The van der Waals surface area contributed by atoms with Gasteiger partial charge in [0, 0.05) is 43.0 Å². The smallest absolute Gasteiger partial charge is 0.237 e. The van der Waals surface area contributed by atoms with E-state index in [0.717, 1.165) is 79.5 Å². The SMILES string of the molecule is Cc1cc(Nc2nc(NC3C[C@H]4CC[C@@H](C3)N4C(=O)CN3CCOCC3)nc3sccc23)n[nH]1. The van der Waals surface area contributed by atoms with Gasteiger partial charge in [-0.25, -0.2) is 4.98 Å². The van der Waals surface area contributed by atoms with Gasteiger partial charge in [-0.15, -0.1) is 11.3 Å². The Hall–Kier alpha value is -2.76. The van der Waals surface area contributed by atoms with Gasteiger partial charge in [-0.1, -0.05) is 0 Å². The molecule has 3 aliphatic heterocycles. The molecule has 3 aromatic rings. The number of rotatable bonds is 6. The Morgan fingerprint density at radius 3 is 2.76 bits per heavy atom. The molecule has 3 aromatic heterocycles. The van der Waals surface area contributed by atoms with E-state index in [9.17, 15) is 4.79 Å². The van der Waals surface area contributed by atoms with Gasteiger partial charge in [0.25, 0.3) is 0 Å². The Kier molecular flexibility index (Phi) is 5.84. The van der Waals surface area contributed by atoms with Crippen LogP contribution >= 0.6 is 11.3 Å². The van der Waals surface area contributed by atoms with Crippen molar-refractivity contribution in [2.24, 2.45) is 0 Å². The van der Waals surface area contributed by atoms with E-state index in [0.29, 0.717) is 24.6 Å². The summed E-state index contributed by atoms with van der Waals surface area (Å²) in [5, 5.41) is 17.2. The van der Waals surface area contributed by atoms with E-state index in [-0.39, 0.29) is 11.9 Å². The average molecular weight is 483 g/mol. The Labute approximate surface area is 202 Å². The van der Waals surface area contributed by atoms with Gasteiger partial charge in [-0.05, 0) is 44.1 Å². The minimum atomic E-state index is 0.253. The average Bonchev–Trinajstić information content (AvgIpc) is 3.52. The fourth-order valence-electron chi connectivity index (χ4n) is 5.54. The molecule has 6 rings (SSSR count). The zero-order valence-corrected chi connectivity index (χ0v) is 20.1. The van der Waals surface area contributed by atoms with Gasteiger partial charge in [0.15, 0.2) is 5.82 Å². The second kappa shape index (κ2) is 9.12. The van der Waals surface area contributed by atoms with E-state index < -0.39 is 0 Å². The first kappa shape index (κ1) is 21.8. The number of H-pyrrole nitrogens is 1. The van der Waals surface area contributed by atoms with Crippen LogP contribution in [0.2, 0.25) is 0 Å². The zero-order valence-electron chi connectivity index (χ0n) is 19.3.